The number of carbonyl (C=O) groups excluding carboxylic acids is 1. The van der Waals surface area contributed by atoms with Crippen LogP contribution in [0.2, 0.25) is 5.02 Å². The van der Waals surface area contributed by atoms with Gasteiger partial charge in [-0.1, -0.05) is 11.6 Å². The van der Waals surface area contributed by atoms with Crippen molar-refractivity contribution >= 4 is 34.7 Å². The van der Waals surface area contributed by atoms with Crippen LogP contribution < -0.4 is 0 Å². The number of carbonyl (C=O) groups is 1. The molecule has 4 nitrogen and oxygen atoms in total. The van der Waals surface area contributed by atoms with Gasteiger partial charge >= 0.3 is 0 Å². The van der Waals surface area contributed by atoms with Crippen LogP contribution in [0.4, 0.5) is 5.69 Å². The number of rotatable bonds is 3. The zero-order chi connectivity index (χ0) is 10.7. The molecule has 0 unspecified atom stereocenters. The fraction of sp³-hybridized carbons (Fsp3) is 0.125. The second kappa shape index (κ2) is 4.39. The maximum Gasteiger partial charge on any atom is 0.270 e. The molecule has 14 heavy (non-hydrogen) atoms. The van der Waals surface area contributed by atoms with Gasteiger partial charge in [-0.3, -0.25) is 14.9 Å². The van der Waals surface area contributed by atoms with Crippen molar-refractivity contribution in [3.05, 3.63) is 38.9 Å². The van der Waals surface area contributed by atoms with Crippen LogP contribution in [0.3, 0.4) is 0 Å². The van der Waals surface area contributed by atoms with E-state index in [1.807, 2.05) is 0 Å². The molecule has 0 saturated carbocycles. The number of benzene rings is 1. The number of non-ortho nitro benzene ring substituents is 1. The number of hydrogen-bond donors (Lipinski definition) is 0. The first-order valence-electron chi connectivity index (χ1n) is 3.59. The van der Waals surface area contributed by atoms with Gasteiger partial charge in [0.05, 0.1) is 15.8 Å². The van der Waals surface area contributed by atoms with Crippen LogP contribution in [0.5, 0.6) is 0 Å². The van der Waals surface area contributed by atoms with E-state index < -0.39 is 10.7 Å². The summed E-state index contributed by atoms with van der Waals surface area (Å²) in [6.07, 6.45) is 0. The molecule has 0 aliphatic heterocycles. The largest absolute Gasteiger partial charge is 0.293 e. The summed E-state index contributed by atoms with van der Waals surface area (Å²) in [5, 5.41) is 10.6. The lowest BCUT2D eigenvalue weighted by Gasteiger charge is -1.99. The van der Waals surface area contributed by atoms with Gasteiger partial charge in [0, 0.05) is 17.7 Å². The average molecular weight is 234 g/mol. The minimum atomic E-state index is -0.596. The monoisotopic (exact) mass is 233 g/mol. The van der Waals surface area contributed by atoms with Crippen molar-refractivity contribution in [2.24, 2.45) is 0 Å². The van der Waals surface area contributed by atoms with Crippen LogP contribution in [0.25, 0.3) is 0 Å². The molecule has 0 atom stereocenters. The summed E-state index contributed by atoms with van der Waals surface area (Å²) >= 11 is 11.0. The molecule has 0 aliphatic carbocycles. The van der Waals surface area contributed by atoms with Gasteiger partial charge in [0.15, 0.2) is 5.78 Å². The van der Waals surface area contributed by atoms with E-state index in [1.54, 1.807) is 0 Å². The Morgan fingerprint density at radius 1 is 1.50 bits per heavy atom. The molecule has 0 N–H and O–H groups in total. The number of nitrogens with zero attached hydrogens (tertiary/aromatic N) is 1. The molecule has 0 radical (unpaired) electrons. The van der Waals surface area contributed by atoms with Crippen LogP contribution in [-0.2, 0) is 0 Å². The summed E-state index contributed by atoms with van der Waals surface area (Å²) in [4.78, 5) is 21.0. The van der Waals surface area contributed by atoms with Gasteiger partial charge in [-0.2, -0.15) is 0 Å². The van der Waals surface area contributed by atoms with E-state index in [2.05, 4.69) is 0 Å². The third-order valence-corrected chi connectivity index (χ3v) is 2.15. The lowest BCUT2D eigenvalue weighted by atomic mass is 10.1. The fourth-order valence-corrected chi connectivity index (χ4v) is 1.28. The Morgan fingerprint density at radius 3 is 2.64 bits per heavy atom. The number of nitro groups is 1. The number of ketones is 1. The van der Waals surface area contributed by atoms with Crippen molar-refractivity contribution in [3.8, 4) is 0 Å². The Hall–Kier alpha value is -1.13. The number of hydrogen-bond acceptors (Lipinski definition) is 3. The van der Waals surface area contributed by atoms with Crippen LogP contribution in [-0.4, -0.2) is 16.6 Å². The van der Waals surface area contributed by atoms with Crippen LogP contribution in [0, 0.1) is 10.1 Å². The molecule has 74 valence electrons. The van der Waals surface area contributed by atoms with Crippen molar-refractivity contribution in [2.75, 3.05) is 5.88 Å². The molecule has 1 aromatic rings. The van der Waals surface area contributed by atoms with E-state index in [9.17, 15) is 14.9 Å². The van der Waals surface area contributed by atoms with Gasteiger partial charge in [-0.15, -0.1) is 11.6 Å². The lowest BCUT2D eigenvalue weighted by molar-refractivity contribution is -0.384. The number of Topliss-reactive ketones (excluding diaryl/α,β-unsaturated/α-hetero) is 1. The fourth-order valence-electron chi connectivity index (χ4n) is 0.912. The van der Waals surface area contributed by atoms with E-state index >= 15 is 0 Å². The molecular weight excluding hydrogens is 229 g/mol. The zero-order valence-corrected chi connectivity index (χ0v) is 8.38. The van der Waals surface area contributed by atoms with Gasteiger partial charge in [0.2, 0.25) is 0 Å². The second-order valence-electron chi connectivity index (χ2n) is 2.48. The van der Waals surface area contributed by atoms with Crippen molar-refractivity contribution in [1.82, 2.24) is 0 Å². The number of nitro benzene ring substituents is 1. The van der Waals surface area contributed by atoms with E-state index in [0.717, 1.165) is 6.07 Å². The first kappa shape index (κ1) is 10.9. The topological polar surface area (TPSA) is 60.2 Å². The Morgan fingerprint density at radius 2 is 2.14 bits per heavy atom. The predicted molar refractivity (Wildman–Crippen MR) is 53.2 cm³/mol. The lowest BCUT2D eigenvalue weighted by Crippen LogP contribution is -2.02. The maximum absolute atomic E-state index is 11.2. The molecule has 0 fully saturated rings. The standard InChI is InChI=1S/C8H5Cl2NO3/c9-4-8(12)6-3-5(11(13)14)1-2-7(6)10/h1-3H,4H2. The zero-order valence-electron chi connectivity index (χ0n) is 6.87. The minimum Gasteiger partial charge on any atom is -0.293 e. The summed E-state index contributed by atoms with van der Waals surface area (Å²) in [7, 11) is 0. The van der Waals surface area contributed by atoms with Crippen LogP contribution >= 0.6 is 23.2 Å². The summed E-state index contributed by atoms with van der Waals surface area (Å²) in [6.45, 7) is 0. The van der Waals surface area contributed by atoms with Crippen molar-refractivity contribution in [3.63, 3.8) is 0 Å². The normalized spacial score (nSPS) is 9.86. The maximum atomic E-state index is 11.2. The van der Waals surface area contributed by atoms with E-state index in [1.165, 1.54) is 12.1 Å². The predicted octanol–water partition coefficient (Wildman–Crippen LogP) is 2.67. The third-order valence-electron chi connectivity index (χ3n) is 1.58. The second-order valence-corrected chi connectivity index (χ2v) is 3.15. The molecule has 0 aliphatic rings. The quantitative estimate of drug-likeness (QED) is 0.349. The highest BCUT2D eigenvalue weighted by molar-refractivity contribution is 6.37. The number of halogens is 2. The molecule has 0 bridgehead atoms. The van der Waals surface area contributed by atoms with Gasteiger partial charge in [-0.25, -0.2) is 0 Å². The molecule has 1 aromatic carbocycles. The Balaban J connectivity index is 3.21. The van der Waals surface area contributed by atoms with Crippen molar-refractivity contribution < 1.29 is 9.72 Å². The Labute approximate surface area is 89.6 Å². The average Bonchev–Trinajstić information content (AvgIpc) is 2.17. The van der Waals surface area contributed by atoms with Crippen molar-refractivity contribution in [1.29, 1.82) is 0 Å². The molecular formula is C8H5Cl2NO3. The van der Waals surface area contributed by atoms with Gasteiger partial charge < -0.3 is 0 Å². The first-order chi connectivity index (χ1) is 6.56. The Bertz CT molecular complexity index is 392. The molecule has 6 heteroatoms. The third kappa shape index (κ3) is 2.21. The molecule has 0 heterocycles. The van der Waals surface area contributed by atoms with E-state index in [0.29, 0.717) is 0 Å². The Kier molecular flexibility index (Phi) is 3.43. The minimum absolute atomic E-state index is 0.0795. The highest BCUT2D eigenvalue weighted by atomic mass is 35.5. The van der Waals surface area contributed by atoms with E-state index in [-0.39, 0.29) is 22.2 Å². The van der Waals surface area contributed by atoms with Crippen molar-refractivity contribution in [2.45, 2.75) is 0 Å². The van der Waals surface area contributed by atoms with Gasteiger partial charge in [0.1, 0.15) is 0 Å². The molecule has 0 amide bonds. The van der Waals surface area contributed by atoms with Gasteiger partial charge in [0.25, 0.3) is 5.69 Å². The molecule has 1 rings (SSSR count). The first-order valence-corrected chi connectivity index (χ1v) is 4.50. The molecule has 0 spiro atoms. The van der Waals surface area contributed by atoms with E-state index in [4.69, 9.17) is 23.2 Å². The highest BCUT2D eigenvalue weighted by Gasteiger charge is 2.14. The summed E-state index contributed by atoms with van der Waals surface area (Å²) in [6, 6.07) is 3.65. The van der Waals surface area contributed by atoms with Crippen LogP contribution in [0.15, 0.2) is 18.2 Å². The summed E-state index contributed by atoms with van der Waals surface area (Å²) in [5.74, 6) is -0.679. The summed E-state index contributed by atoms with van der Waals surface area (Å²) in [5.41, 5.74) is -0.0984. The smallest absolute Gasteiger partial charge is 0.270 e. The SMILES string of the molecule is O=C(CCl)c1cc([N+](=O)[O-])ccc1Cl. The van der Waals surface area contributed by atoms with Crippen LogP contribution in [0.1, 0.15) is 10.4 Å². The highest BCUT2D eigenvalue weighted by Crippen LogP contribution is 2.22. The molecule has 0 saturated heterocycles. The molecule has 0 aromatic heterocycles. The number of alkyl halides is 1. The van der Waals surface area contributed by atoms with Gasteiger partial charge in [-0.05, 0) is 6.07 Å². The summed E-state index contributed by atoms with van der Waals surface area (Å²) < 4.78 is 0.